The minimum absolute atomic E-state index is 0.460. The predicted octanol–water partition coefficient (Wildman–Crippen LogP) is 5.07. The van der Waals surface area contributed by atoms with Gasteiger partial charge in [-0.15, -0.1) is 11.8 Å². The van der Waals surface area contributed by atoms with Gasteiger partial charge in [-0.3, -0.25) is 0 Å². The van der Waals surface area contributed by atoms with Crippen LogP contribution in [0.2, 0.25) is 0 Å². The summed E-state index contributed by atoms with van der Waals surface area (Å²) < 4.78 is 0. The van der Waals surface area contributed by atoms with E-state index in [0.29, 0.717) is 16.7 Å². The van der Waals surface area contributed by atoms with E-state index in [1.807, 2.05) is 11.8 Å². The van der Waals surface area contributed by atoms with Gasteiger partial charge in [-0.2, -0.15) is 0 Å². The first kappa shape index (κ1) is 15.9. The Labute approximate surface area is 128 Å². The number of hydrogen-bond acceptors (Lipinski definition) is 2. The maximum absolute atomic E-state index is 3.53. The van der Waals surface area contributed by atoms with E-state index in [4.69, 9.17) is 0 Å². The molecule has 1 saturated carbocycles. The lowest BCUT2D eigenvalue weighted by atomic mass is 9.52. The molecule has 2 heteroatoms. The molecule has 20 heavy (non-hydrogen) atoms. The smallest absolute Gasteiger partial charge is 0.0132 e. The first-order chi connectivity index (χ1) is 9.57. The van der Waals surface area contributed by atoms with Crippen molar-refractivity contribution in [1.82, 2.24) is 5.32 Å². The van der Waals surface area contributed by atoms with Gasteiger partial charge in [-0.1, -0.05) is 39.8 Å². The molecule has 0 aromatic heterocycles. The molecule has 2 atom stereocenters. The molecular weight excluding hydrogens is 262 g/mol. The molecule has 2 unspecified atom stereocenters. The number of benzene rings is 1. The van der Waals surface area contributed by atoms with E-state index in [1.165, 1.54) is 29.7 Å². The van der Waals surface area contributed by atoms with Gasteiger partial charge in [0.2, 0.25) is 0 Å². The fourth-order valence-corrected chi connectivity index (χ4v) is 4.78. The largest absolute Gasteiger partial charge is 0.316 e. The van der Waals surface area contributed by atoms with E-state index < -0.39 is 0 Å². The number of rotatable bonds is 6. The summed E-state index contributed by atoms with van der Waals surface area (Å²) in [6, 6.07) is 10.0. The molecule has 0 bridgehead atoms. The number of nitrogens with one attached hydrogen (secondary N) is 1. The van der Waals surface area contributed by atoms with Crippen LogP contribution in [0.3, 0.4) is 0 Å². The lowest BCUT2D eigenvalue weighted by Crippen LogP contribution is -2.57. The third kappa shape index (κ3) is 2.78. The molecule has 1 N–H and O–H groups in total. The summed E-state index contributed by atoms with van der Waals surface area (Å²) in [5.41, 5.74) is 2.00. The Balaban J connectivity index is 2.15. The highest BCUT2D eigenvalue weighted by Crippen LogP contribution is 2.57. The SMILES string of the molecule is CCC1(CC)C(NC)CC1c1ccc(SC(C)C)cc1. The van der Waals surface area contributed by atoms with Crippen LogP contribution in [-0.4, -0.2) is 18.3 Å². The van der Waals surface area contributed by atoms with Crippen LogP contribution in [-0.2, 0) is 0 Å². The lowest BCUT2D eigenvalue weighted by molar-refractivity contribution is 0.0245. The van der Waals surface area contributed by atoms with E-state index in [-0.39, 0.29) is 0 Å². The van der Waals surface area contributed by atoms with E-state index in [2.05, 4.69) is 64.3 Å². The predicted molar refractivity (Wildman–Crippen MR) is 90.7 cm³/mol. The molecule has 1 aromatic carbocycles. The summed E-state index contributed by atoms with van der Waals surface area (Å²) in [7, 11) is 2.11. The minimum atomic E-state index is 0.460. The summed E-state index contributed by atoms with van der Waals surface area (Å²) in [6.07, 6.45) is 3.82. The normalized spacial score (nSPS) is 24.7. The van der Waals surface area contributed by atoms with Gasteiger partial charge in [0.1, 0.15) is 0 Å². The van der Waals surface area contributed by atoms with E-state index in [0.717, 1.165) is 5.92 Å². The van der Waals surface area contributed by atoms with Gasteiger partial charge in [-0.25, -0.2) is 0 Å². The molecule has 1 fully saturated rings. The van der Waals surface area contributed by atoms with E-state index >= 15 is 0 Å². The molecular formula is C18H29NS. The zero-order chi connectivity index (χ0) is 14.8. The highest BCUT2D eigenvalue weighted by atomic mass is 32.2. The molecule has 2 rings (SSSR count). The molecule has 1 nitrogen and oxygen atoms in total. The molecule has 0 radical (unpaired) electrons. The highest BCUT2D eigenvalue weighted by Gasteiger charge is 2.52. The summed E-state index contributed by atoms with van der Waals surface area (Å²) in [5, 5.41) is 4.18. The molecule has 0 spiro atoms. The summed E-state index contributed by atoms with van der Waals surface area (Å²) in [5.74, 6) is 0.730. The fourth-order valence-electron chi connectivity index (χ4n) is 3.95. The van der Waals surface area contributed by atoms with Crippen molar-refractivity contribution in [2.24, 2.45) is 5.41 Å². The van der Waals surface area contributed by atoms with Gasteiger partial charge < -0.3 is 5.32 Å². The van der Waals surface area contributed by atoms with Crippen LogP contribution in [0.15, 0.2) is 29.2 Å². The van der Waals surface area contributed by atoms with Gasteiger partial charge in [0, 0.05) is 16.2 Å². The van der Waals surface area contributed by atoms with Crippen LogP contribution in [0.25, 0.3) is 0 Å². The highest BCUT2D eigenvalue weighted by molar-refractivity contribution is 7.99. The fraction of sp³-hybridized carbons (Fsp3) is 0.667. The van der Waals surface area contributed by atoms with Gasteiger partial charge >= 0.3 is 0 Å². The zero-order valence-corrected chi connectivity index (χ0v) is 14.4. The third-order valence-electron chi connectivity index (χ3n) is 5.18. The average molecular weight is 292 g/mol. The number of thioether (sulfide) groups is 1. The van der Waals surface area contributed by atoms with Crippen LogP contribution in [0.4, 0.5) is 0 Å². The van der Waals surface area contributed by atoms with Crippen LogP contribution < -0.4 is 5.32 Å². The van der Waals surface area contributed by atoms with Gasteiger partial charge in [0.05, 0.1) is 0 Å². The van der Waals surface area contributed by atoms with Crippen molar-refractivity contribution in [2.75, 3.05) is 7.05 Å². The molecule has 0 heterocycles. The third-order valence-corrected chi connectivity index (χ3v) is 6.19. The Hall–Kier alpha value is -0.470. The molecule has 1 aromatic rings. The van der Waals surface area contributed by atoms with Crippen molar-refractivity contribution in [3.05, 3.63) is 29.8 Å². The van der Waals surface area contributed by atoms with Crippen molar-refractivity contribution < 1.29 is 0 Å². The lowest BCUT2D eigenvalue weighted by Gasteiger charge is -2.56. The van der Waals surface area contributed by atoms with Crippen molar-refractivity contribution in [3.8, 4) is 0 Å². The van der Waals surface area contributed by atoms with Gasteiger partial charge in [-0.05, 0) is 55.3 Å². The van der Waals surface area contributed by atoms with Crippen molar-refractivity contribution >= 4 is 11.8 Å². The molecule has 0 aliphatic heterocycles. The Bertz CT molecular complexity index is 420. The van der Waals surface area contributed by atoms with Crippen molar-refractivity contribution in [2.45, 2.75) is 69.1 Å². The second kappa shape index (κ2) is 6.53. The topological polar surface area (TPSA) is 12.0 Å². The monoisotopic (exact) mass is 291 g/mol. The quantitative estimate of drug-likeness (QED) is 0.734. The van der Waals surface area contributed by atoms with Gasteiger partial charge in [0.15, 0.2) is 0 Å². The Morgan fingerprint density at radius 3 is 2.25 bits per heavy atom. The standard InChI is InChI=1S/C18H29NS/c1-6-18(7-2)16(12-17(18)19-5)14-8-10-15(11-9-14)20-13(3)4/h8-11,13,16-17,19H,6-7,12H2,1-5H3. The van der Waals surface area contributed by atoms with Crippen LogP contribution in [0.5, 0.6) is 0 Å². The maximum atomic E-state index is 3.53. The second-order valence-electron chi connectivity index (χ2n) is 6.31. The van der Waals surface area contributed by atoms with Gasteiger partial charge in [0.25, 0.3) is 0 Å². The Kier molecular flexibility index (Phi) is 5.19. The van der Waals surface area contributed by atoms with Crippen molar-refractivity contribution in [1.29, 1.82) is 0 Å². The molecule has 1 aliphatic carbocycles. The van der Waals surface area contributed by atoms with E-state index in [9.17, 15) is 0 Å². The summed E-state index contributed by atoms with van der Waals surface area (Å²) in [6.45, 7) is 9.20. The summed E-state index contributed by atoms with van der Waals surface area (Å²) in [4.78, 5) is 1.40. The van der Waals surface area contributed by atoms with Crippen LogP contribution in [0.1, 0.15) is 58.4 Å². The Morgan fingerprint density at radius 1 is 1.20 bits per heavy atom. The van der Waals surface area contributed by atoms with Crippen LogP contribution in [0, 0.1) is 5.41 Å². The zero-order valence-electron chi connectivity index (χ0n) is 13.6. The second-order valence-corrected chi connectivity index (χ2v) is 7.96. The molecule has 1 aliphatic rings. The molecule has 0 saturated heterocycles. The number of hydrogen-bond donors (Lipinski definition) is 1. The van der Waals surface area contributed by atoms with E-state index in [1.54, 1.807) is 0 Å². The average Bonchev–Trinajstić information content (AvgIpc) is 2.41. The summed E-state index contributed by atoms with van der Waals surface area (Å²) >= 11 is 1.95. The maximum Gasteiger partial charge on any atom is 0.0132 e. The minimum Gasteiger partial charge on any atom is -0.316 e. The molecule has 112 valence electrons. The molecule has 0 amide bonds. The van der Waals surface area contributed by atoms with Crippen LogP contribution >= 0.6 is 11.8 Å². The van der Waals surface area contributed by atoms with Crippen molar-refractivity contribution in [3.63, 3.8) is 0 Å². The Morgan fingerprint density at radius 2 is 1.80 bits per heavy atom. The first-order valence-electron chi connectivity index (χ1n) is 8.01. The first-order valence-corrected chi connectivity index (χ1v) is 8.89.